The highest BCUT2D eigenvalue weighted by Gasteiger charge is 2.15. The molecule has 0 fully saturated rings. The number of aliphatic hydroxyl groups is 1. The molecule has 0 aromatic heterocycles. The molecule has 0 radical (unpaired) electrons. The quantitative estimate of drug-likeness (QED) is 0.926. The van der Waals surface area contributed by atoms with Gasteiger partial charge < -0.3 is 10.0 Å². The summed E-state index contributed by atoms with van der Waals surface area (Å²) in [5.41, 5.74) is 2.24. The fourth-order valence-corrected chi connectivity index (χ4v) is 2.24. The van der Waals surface area contributed by atoms with E-state index < -0.39 is 11.6 Å². The molecule has 106 valence electrons. The molecule has 2 aromatic carbocycles. The molecule has 0 unspecified atom stereocenters. The van der Waals surface area contributed by atoms with Gasteiger partial charge in [0.1, 0.15) is 17.3 Å². The van der Waals surface area contributed by atoms with E-state index in [9.17, 15) is 8.78 Å². The Kier molecular flexibility index (Phi) is 4.35. The third-order valence-electron chi connectivity index (χ3n) is 3.14. The zero-order chi connectivity index (χ0) is 14.7. The summed E-state index contributed by atoms with van der Waals surface area (Å²) in [5.74, 6) is -1.33. The van der Waals surface area contributed by atoms with Crippen LogP contribution in [0.2, 0.25) is 0 Å². The first-order valence-corrected chi connectivity index (χ1v) is 6.36. The Morgan fingerprint density at radius 2 is 1.70 bits per heavy atom. The van der Waals surface area contributed by atoms with E-state index in [1.807, 2.05) is 31.2 Å². The molecule has 2 aromatic rings. The standard InChI is InChI=1S/C16H17F2NO/c1-11-4-3-5-12(6-11)9-19(2)16-14(17)7-13(10-20)8-15(16)18/h3-8,20H,9-10H2,1-2H3. The van der Waals surface area contributed by atoms with Crippen molar-refractivity contribution in [2.24, 2.45) is 0 Å². The van der Waals surface area contributed by atoms with Crippen molar-refractivity contribution in [3.05, 3.63) is 64.7 Å². The van der Waals surface area contributed by atoms with Gasteiger partial charge in [-0.3, -0.25) is 0 Å². The average molecular weight is 277 g/mol. The predicted molar refractivity (Wildman–Crippen MR) is 75.6 cm³/mol. The van der Waals surface area contributed by atoms with Gasteiger partial charge in [0.25, 0.3) is 0 Å². The minimum atomic E-state index is -0.663. The van der Waals surface area contributed by atoms with Crippen LogP contribution in [0.1, 0.15) is 16.7 Å². The lowest BCUT2D eigenvalue weighted by Gasteiger charge is -2.21. The second-order valence-corrected chi connectivity index (χ2v) is 4.91. The van der Waals surface area contributed by atoms with Gasteiger partial charge in [0, 0.05) is 13.6 Å². The topological polar surface area (TPSA) is 23.5 Å². The SMILES string of the molecule is Cc1cccc(CN(C)c2c(F)cc(CO)cc2F)c1. The molecule has 0 aliphatic heterocycles. The maximum Gasteiger partial charge on any atom is 0.149 e. The number of nitrogens with zero attached hydrogens (tertiary/aromatic N) is 1. The van der Waals surface area contributed by atoms with Crippen molar-refractivity contribution >= 4 is 5.69 Å². The molecule has 0 saturated heterocycles. The van der Waals surface area contributed by atoms with Crippen LogP contribution in [0, 0.1) is 18.6 Å². The lowest BCUT2D eigenvalue weighted by Crippen LogP contribution is -2.19. The fourth-order valence-electron chi connectivity index (χ4n) is 2.24. The molecule has 2 nitrogen and oxygen atoms in total. The van der Waals surface area contributed by atoms with Crippen molar-refractivity contribution in [1.29, 1.82) is 0 Å². The number of hydrogen-bond acceptors (Lipinski definition) is 2. The average Bonchev–Trinajstić information content (AvgIpc) is 2.37. The molecule has 1 N–H and O–H groups in total. The summed E-state index contributed by atoms with van der Waals surface area (Å²) in [5, 5.41) is 8.93. The number of rotatable bonds is 4. The second-order valence-electron chi connectivity index (χ2n) is 4.91. The van der Waals surface area contributed by atoms with Gasteiger partial charge in [-0.05, 0) is 30.2 Å². The van der Waals surface area contributed by atoms with Crippen LogP contribution in [-0.4, -0.2) is 12.2 Å². The van der Waals surface area contributed by atoms with Crippen LogP contribution in [0.5, 0.6) is 0 Å². The Labute approximate surface area is 117 Å². The van der Waals surface area contributed by atoms with Gasteiger partial charge in [0.05, 0.1) is 6.61 Å². The maximum atomic E-state index is 13.9. The van der Waals surface area contributed by atoms with Crippen LogP contribution in [0.3, 0.4) is 0 Å². The Morgan fingerprint density at radius 1 is 1.05 bits per heavy atom. The molecule has 0 amide bonds. The Morgan fingerprint density at radius 3 is 2.25 bits per heavy atom. The third kappa shape index (κ3) is 3.14. The summed E-state index contributed by atoms with van der Waals surface area (Å²) in [6, 6.07) is 10.1. The zero-order valence-electron chi connectivity index (χ0n) is 11.5. The molecular weight excluding hydrogens is 260 g/mol. The molecule has 0 aliphatic carbocycles. The molecule has 4 heteroatoms. The molecule has 20 heavy (non-hydrogen) atoms. The highest BCUT2D eigenvalue weighted by Crippen LogP contribution is 2.25. The predicted octanol–water partition coefficient (Wildman–Crippen LogP) is 3.40. The van der Waals surface area contributed by atoms with E-state index >= 15 is 0 Å². The number of anilines is 1. The van der Waals surface area contributed by atoms with Crippen LogP contribution in [-0.2, 0) is 13.2 Å². The summed E-state index contributed by atoms with van der Waals surface area (Å²) in [6.07, 6.45) is 0. The first-order valence-electron chi connectivity index (χ1n) is 6.36. The molecule has 0 saturated carbocycles. The number of aliphatic hydroxyl groups excluding tert-OH is 1. The van der Waals surface area contributed by atoms with Crippen LogP contribution in [0.25, 0.3) is 0 Å². The van der Waals surface area contributed by atoms with E-state index in [-0.39, 0.29) is 17.9 Å². The van der Waals surface area contributed by atoms with E-state index in [1.54, 1.807) is 7.05 Å². The van der Waals surface area contributed by atoms with E-state index in [0.717, 1.165) is 23.3 Å². The van der Waals surface area contributed by atoms with Gasteiger partial charge in [-0.2, -0.15) is 0 Å². The summed E-state index contributed by atoms with van der Waals surface area (Å²) >= 11 is 0. The van der Waals surface area contributed by atoms with Gasteiger partial charge in [-0.15, -0.1) is 0 Å². The molecule has 0 atom stereocenters. The molecule has 0 heterocycles. The van der Waals surface area contributed by atoms with Gasteiger partial charge in [0.2, 0.25) is 0 Å². The molecule has 0 bridgehead atoms. The Bertz CT molecular complexity index is 590. The lowest BCUT2D eigenvalue weighted by atomic mass is 10.1. The van der Waals surface area contributed by atoms with Crippen molar-refractivity contribution in [2.75, 3.05) is 11.9 Å². The molecule has 0 aliphatic rings. The van der Waals surface area contributed by atoms with Crippen molar-refractivity contribution in [3.8, 4) is 0 Å². The highest BCUT2D eigenvalue weighted by molar-refractivity contribution is 5.50. The Balaban J connectivity index is 2.27. The second kappa shape index (κ2) is 6.01. The summed E-state index contributed by atoms with van der Waals surface area (Å²) in [6.45, 7) is 2.00. The van der Waals surface area contributed by atoms with Crippen LogP contribution in [0.15, 0.2) is 36.4 Å². The van der Waals surface area contributed by atoms with Gasteiger partial charge in [-0.1, -0.05) is 29.8 Å². The monoisotopic (exact) mass is 277 g/mol. The third-order valence-corrected chi connectivity index (χ3v) is 3.14. The van der Waals surface area contributed by atoms with Crippen LogP contribution < -0.4 is 4.90 Å². The van der Waals surface area contributed by atoms with Gasteiger partial charge in [0.15, 0.2) is 0 Å². The van der Waals surface area contributed by atoms with Crippen molar-refractivity contribution < 1.29 is 13.9 Å². The van der Waals surface area contributed by atoms with E-state index in [0.29, 0.717) is 6.54 Å². The summed E-state index contributed by atoms with van der Waals surface area (Å²) < 4.78 is 27.9. The zero-order valence-corrected chi connectivity index (χ0v) is 11.5. The number of halogens is 2. The largest absolute Gasteiger partial charge is 0.392 e. The maximum absolute atomic E-state index is 13.9. The van der Waals surface area contributed by atoms with Crippen LogP contribution >= 0.6 is 0 Å². The highest BCUT2D eigenvalue weighted by atomic mass is 19.1. The van der Waals surface area contributed by atoms with Crippen molar-refractivity contribution in [3.63, 3.8) is 0 Å². The normalized spacial score (nSPS) is 10.7. The van der Waals surface area contributed by atoms with Crippen molar-refractivity contribution in [1.82, 2.24) is 0 Å². The van der Waals surface area contributed by atoms with Crippen LogP contribution in [0.4, 0.5) is 14.5 Å². The summed E-state index contributed by atoms with van der Waals surface area (Å²) in [4.78, 5) is 1.53. The van der Waals surface area contributed by atoms with E-state index in [2.05, 4.69) is 0 Å². The molecule has 0 spiro atoms. The fraction of sp³-hybridized carbons (Fsp3) is 0.250. The number of hydrogen-bond donors (Lipinski definition) is 1. The van der Waals surface area contributed by atoms with E-state index in [4.69, 9.17) is 5.11 Å². The van der Waals surface area contributed by atoms with Gasteiger partial charge in [-0.25, -0.2) is 8.78 Å². The van der Waals surface area contributed by atoms with Gasteiger partial charge >= 0.3 is 0 Å². The summed E-state index contributed by atoms with van der Waals surface area (Å²) in [7, 11) is 1.64. The molecular formula is C16H17F2NO. The lowest BCUT2D eigenvalue weighted by molar-refractivity contribution is 0.280. The van der Waals surface area contributed by atoms with E-state index in [1.165, 1.54) is 4.90 Å². The smallest absolute Gasteiger partial charge is 0.149 e. The first-order chi connectivity index (χ1) is 9.51. The minimum Gasteiger partial charge on any atom is -0.392 e. The van der Waals surface area contributed by atoms with Crippen molar-refractivity contribution in [2.45, 2.75) is 20.1 Å². The number of benzene rings is 2. The molecule has 2 rings (SSSR count). The Hall–Kier alpha value is -1.94. The number of aryl methyl sites for hydroxylation is 1. The first kappa shape index (κ1) is 14.5. The minimum absolute atomic E-state index is 0.0799.